The van der Waals surface area contributed by atoms with Gasteiger partial charge in [0.25, 0.3) is 0 Å². The van der Waals surface area contributed by atoms with E-state index in [1.807, 2.05) is 0 Å². The second-order valence-corrected chi connectivity index (χ2v) is 4.45. The van der Waals surface area contributed by atoms with Crippen molar-refractivity contribution in [3.8, 4) is 0 Å². The molecule has 0 spiro atoms. The van der Waals surface area contributed by atoms with E-state index in [0.29, 0.717) is 5.41 Å². The van der Waals surface area contributed by atoms with Gasteiger partial charge in [-0.3, -0.25) is 0 Å². The third kappa shape index (κ3) is 0.574. The van der Waals surface area contributed by atoms with Crippen molar-refractivity contribution in [1.29, 1.82) is 0 Å². The lowest BCUT2D eigenvalue weighted by molar-refractivity contribution is 0.289. The SMILES string of the molecule is C=C1C2CC[C@@H](C2)C1(C)C. The first-order valence-corrected chi connectivity index (χ1v) is 4.31. The zero-order chi connectivity index (χ0) is 7.35. The molecule has 0 aliphatic heterocycles. The Morgan fingerprint density at radius 1 is 1.40 bits per heavy atom. The molecule has 0 aromatic heterocycles. The molecule has 0 amide bonds. The van der Waals surface area contributed by atoms with Gasteiger partial charge in [0, 0.05) is 0 Å². The summed E-state index contributed by atoms with van der Waals surface area (Å²) in [6, 6.07) is 0. The van der Waals surface area contributed by atoms with Gasteiger partial charge in [-0.25, -0.2) is 0 Å². The predicted molar refractivity (Wildman–Crippen MR) is 43.8 cm³/mol. The van der Waals surface area contributed by atoms with Crippen molar-refractivity contribution in [3.63, 3.8) is 0 Å². The largest absolute Gasteiger partial charge is 0.0990 e. The summed E-state index contributed by atoms with van der Waals surface area (Å²) in [7, 11) is 0. The summed E-state index contributed by atoms with van der Waals surface area (Å²) in [6.07, 6.45) is 4.31. The van der Waals surface area contributed by atoms with E-state index in [0.717, 1.165) is 11.8 Å². The van der Waals surface area contributed by atoms with E-state index in [2.05, 4.69) is 20.4 Å². The normalized spacial score (nSPS) is 42.8. The minimum atomic E-state index is 0.475. The molecule has 0 nitrogen and oxygen atoms in total. The van der Waals surface area contributed by atoms with Crippen LogP contribution in [0.2, 0.25) is 0 Å². The van der Waals surface area contributed by atoms with Crippen LogP contribution in [0.15, 0.2) is 12.2 Å². The van der Waals surface area contributed by atoms with Gasteiger partial charge in [-0.15, -0.1) is 0 Å². The van der Waals surface area contributed by atoms with Crippen LogP contribution in [0.25, 0.3) is 0 Å². The molecular weight excluding hydrogens is 120 g/mol. The van der Waals surface area contributed by atoms with Crippen LogP contribution in [0.5, 0.6) is 0 Å². The second kappa shape index (κ2) is 1.66. The lowest BCUT2D eigenvalue weighted by Gasteiger charge is -2.31. The third-order valence-electron chi connectivity index (χ3n) is 3.77. The molecule has 0 heteroatoms. The first kappa shape index (κ1) is 6.45. The highest BCUT2D eigenvalue weighted by atomic mass is 14.5. The van der Waals surface area contributed by atoms with E-state index in [1.165, 1.54) is 24.8 Å². The first-order valence-electron chi connectivity index (χ1n) is 4.31. The van der Waals surface area contributed by atoms with Crippen molar-refractivity contribution in [2.45, 2.75) is 33.1 Å². The summed E-state index contributed by atoms with van der Waals surface area (Å²) in [5.74, 6) is 1.85. The van der Waals surface area contributed by atoms with Crippen molar-refractivity contribution in [2.75, 3.05) is 0 Å². The molecule has 0 N–H and O–H groups in total. The maximum Gasteiger partial charge on any atom is -0.0116 e. The minimum absolute atomic E-state index is 0.475. The Kier molecular flexibility index (Phi) is 1.07. The number of allylic oxidation sites excluding steroid dienone is 1. The molecule has 1 unspecified atom stereocenters. The lowest BCUT2D eigenvalue weighted by atomic mass is 9.73. The Bertz CT molecular complexity index is 176. The van der Waals surface area contributed by atoms with E-state index in [9.17, 15) is 0 Å². The molecule has 0 saturated heterocycles. The van der Waals surface area contributed by atoms with Crippen molar-refractivity contribution >= 4 is 0 Å². The number of rotatable bonds is 0. The topological polar surface area (TPSA) is 0 Å². The Balaban J connectivity index is 2.34. The summed E-state index contributed by atoms with van der Waals surface area (Å²) < 4.78 is 0. The molecule has 2 saturated carbocycles. The minimum Gasteiger partial charge on any atom is -0.0990 e. The van der Waals surface area contributed by atoms with Gasteiger partial charge >= 0.3 is 0 Å². The average molecular weight is 136 g/mol. The summed E-state index contributed by atoms with van der Waals surface area (Å²) in [5.41, 5.74) is 2.01. The van der Waals surface area contributed by atoms with Gasteiger partial charge < -0.3 is 0 Å². The van der Waals surface area contributed by atoms with Crippen LogP contribution < -0.4 is 0 Å². The zero-order valence-electron chi connectivity index (χ0n) is 6.98. The van der Waals surface area contributed by atoms with Crippen molar-refractivity contribution < 1.29 is 0 Å². The Labute approximate surface area is 63.3 Å². The molecule has 2 aliphatic rings. The Morgan fingerprint density at radius 2 is 2.10 bits per heavy atom. The predicted octanol–water partition coefficient (Wildman–Crippen LogP) is 3.00. The quantitative estimate of drug-likeness (QED) is 0.449. The standard InChI is InChI=1S/C10H16/c1-7-8-4-5-9(6-8)10(7,2)3/h8-9H,1,4-6H2,2-3H3/t8?,9-/m0/s1. The van der Waals surface area contributed by atoms with Gasteiger partial charge in [0.2, 0.25) is 0 Å². The molecule has 2 atom stereocenters. The number of hydrogen-bond donors (Lipinski definition) is 0. The third-order valence-corrected chi connectivity index (χ3v) is 3.77. The molecule has 2 fully saturated rings. The highest BCUT2D eigenvalue weighted by molar-refractivity contribution is 5.22. The molecule has 0 heterocycles. The fourth-order valence-corrected chi connectivity index (χ4v) is 2.74. The van der Waals surface area contributed by atoms with Crippen molar-refractivity contribution in [3.05, 3.63) is 12.2 Å². The molecule has 10 heavy (non-hydrogen) atoms. The van der Waals surface area contributed by atoms with Gasteiger partial charge in [0.15, 0.2) is 0 Å². The van der Waals surface area contributed by atoms with Crippen molar-refractivity contribution in [2.24, 2.45) is 17.3 Å². The molecular formula is C10H16. The molecule has 2 rings (SSSR count). The van der Waals surface area contributed by atoms with Gasteiger partial charge in [-0.1, -0.05) is 26.0 Å². The zero-order valence-corrected chi connectivity index (χ0v) is 6.98. The fourth-order valence-electron chi connectivity index (χ4n) is 2.74. The molecule has 0 aromatic carbocycles. The molecule has 0 radical (unpaired) electrons. The Morgan fingerprint density at radius 3 is 2.40 bits per heavy atom. The van der Waals surface area contributed by atoms with Crippen LogP contribution in [-0.4, -0.2) is 0 Å². The molecule has 2 bridgehead atoms. The van der Waals surface area contributed by atoms with E-state index < -0.39 is 0 Å². The monoisotopic (exact) mass is 136 g/mol. The molecule has 56 valence electrons. The van der Waals surface area contributed by atoms with Gasteiger partial charge in [0.1, 0.15) is 0 Å². The molecule has 0 aromatic rings. The van der Waals surface area contributed by atoms with Gasteiger partial charge in [-0.2, -0.15) is 0 Å². The van der Waals surface area contributed by atoms with Crippen LogP contribution >= 0.6 is 0 Å². The van der Waals surface area contributed by atoms with Crippen LogP contribution in [0, 0.1) is 17.3 Å². The number of hydrogen-bond acceptors (Lipinski definition) is 0. The highest BCUT2D eigenvalue weighted by Gasteiger charge is 2.47. The maximum atomic E-state index is 4.19. The van der Waals surface area contributed by atoms with E-state index in [-0.39, 0.29) is 0 Å². The number of fused-ring (bicyclic) bond motifs is 2. The van der Waals surface area contributed by atoms with E-state index in [1.54, 1.807) is 0 Å². The van der Waals surface area contributed by atoms with Crippen LogP contribution in [0.3, 0.4) is 0 Å². The average Bonchev–Trinajstić information content (AvgIpc) is 2.37. The van der Waals surface area contributed by atoms with E-state index in [4.69, 9.17) is 0 Å². The summed E-state index contributed by atoms with van der Waals surface area (Å²) in [5, 5.41) is 0. The summed E-state index contributed by atoms with van der Waals surface area (Å²) >= 11 is 0. The van der Waals surface area contributed by atoms with Crippen LogP contribution in [0.4, 0.5) is 0 Å². The fraction of sp³-hybridized carbons (Fsp3) is 0.800. The van der Waals surface area contributed by atoms with Crippen LogP contribution in [-0.2, 0) is 0 Å². The lowest BCUT2D eigenvalue weighted by Crippen LogP contribution is -2.21. The summed E-state index contributed by atoms with van der Waals surface area (Å²) in [4.78, 5) is 0. The van der Waals surface area contributed by atoms with Crippen molar-refractivity contribution in [1.82, 2.24) is 0 Å². The maximum absolute atomic E-state index is 4.19. The van der Waals surface area contributed by atoms with Gasteiger partial charge in [0.05, 0.1) is 0 Å². The summed E-state index contributed by atoms with van der Waals surface area (Å²) in [6.45, 7) is 8.91. The van der Waals surface area contributed by atoms with E-state index >= 15 is 0 Å². The Hall–Kier alpha value is -0.260. The van der Waals surface area contributed by atoms with Gasteiger partial charge in [-0.05, 0) is 36.5 Å². The second-order valence-electron chi connectivity index (χ2n) is 4.45. The van der Waals surface area contributed by atoms with Crippen LogP contribution in [0.1, 0.15) is 33.1 Å². The first-order chi connectivity index (χ1) is 4.62. The highest BCUT2D eigenvalue weighted by Crippen LogP contribution is 2.58. The molecule has 2 aliphatic carbocycles. The smallest absolute Gasteiger partial charge is 0.0116 e.